The summed E-state index contributed by atoms with van der Waals surface area (Å²) in [5, 5.41) is 0.234. The number of aryl methyl sites for hydroxylation is 1. The molecule has 1 atom stereocenters. The zero-order valence-corrected chi connectivity index (χ0v) is 14.4. The molecule has 1 rings (SSSR count). The van der Waals surface area contributed by atoms with Crippen molar-refractivity contribution in [3.8, 4) is 0 Å². The Labute approximate surface area is 119 Å². The Morgan fingerprint density at radius 2 is 1.63 bits per heavy atom. The molecule has 1 aromatic rings. The molecule has 1 aromatic carbocycles. The summed E-state index contributed by atoms with van der Waals surface area (Å²) in [6, 6.07) is 8.65. The summed E-state index contributed by atoms with van der Waals surface area (Å²) in [6.07, 6.45) is 4.31. The fourth-order valence-corrected chi connectivity index (χ4v) is 2.85. The Kier molecular flexibility index (Phi) is 5.16. The van der Waals surface area contributed by atoms with Crippen molar-refractivity contribution >= 4 is 8.32 Å². The number of benzene rings is 1. The molecule has 1 unspecified atom stereocenters. The summed E-state index contributed by atoms with van der Waals surface area (Å²) in [4.78, 5) is 0. The third-order valence-corrected chi connectivity index (χ3v) is 8.46. The van der Waals surface area contributed by atoms with Crippen LogP contribution in [0.4, 0.5) is 0 Å². The van der Waals surface area contributed by atoms with Crippen molar-refractivity contribution in [3.63, 3.8) is 0 Å². The molecule has 0 spiro atoms. The van der Waals surface area contributed by atoms with E-state index in [0.717, 1.165) is 0 Å². The lowest BCUT2D eigenvalue weighted by Gasteiger charge is -2.38. The summed E-state index contributed by atoms with van der Waals surface area (Å²) >= 11 is 0. The van der Waals surface area contributed by atoms with E-state index in [4.69, 9.17) is 4.43 Å². The molecule has 0 aliphatic carbocycles. The van der Waals surface area contributed by atoms with Gasteiger partial charge >= 0.3 is 0 Å². The number of allylic oxidation sites excluding steroid dienone is 1. The highest BCUT2D eigenvalue weighted by molar-refractivity contribution is 6.74. The van der Waals surface area contributed by atoms with Crippen LogP contribution in [0.15, 0.2) is 36.4 Å². The second kappa shape index (κ2) is 6.06. The van der Waals surface area contributed by atoms with Crippen LogP contribution >= 0.6 is 0 Å². The van der Waals surface area contributed by atoms with E-state index in [1.54, 1.807) is 0 Å². The van der Waals surface area contributed by atoms with Crippen molar-refractivity contribution in [1.82, 2.24) is 0 Å². The van der Waals surface area contributed by atoms with Gasteiger partial charge in [-0.25, -0.2) is 0 Å². The number of hydrogen-bond acceptors (Lipinski definition) is 1. The first kappa shape index (κ1) is 16.2. The van der Waals surface area contributed by atoms with Gasteiger partial charge in [0.1, 0.15) is 0 Å². The van der Waals surface area contributed by atoms with Crippen LogP contribution in [0.3, 0.4) is 0 Å². The highest BCUT2D eigenvalue weighted by Gasteiger charge is 2.38. The summed E-state index contributed by atoms with van der Waals surface area (Å²) in [5.41, 5.74) is 2.53. The summed E-state index contributed by atoms with van der Waals surface area (Å²) in [6.45, 7) is 15.6. The van der Waals surface area contributed by atoms with Crippen molar-refractivity contribution in [2.75, 3.05) is 0 Å². The van der Waals surface area contributed by atoms with Crippen LogP contribution in [0.2, 0.25) is 18.1 Å². The molecule has 0 amide bonds. The van der Waals surface area contributed by atoms with E-state index in [9.17, 15) is 0 Å². The predicted octanol–water partition coefficient (Wildman–Crippen LogP) is 5.63. The Morgan fingerprint density at radius 1 is 1.11 bits per heavy atom. The summed E-state index contributed by atoms with van der Waals surface area (Å²) < 4.78 is 6.52. The maximum atomic E-state index is 6.52. The molecule has 0 fully saturated rings. The molecular formula is C17H28OSi. The monoisotopic (exact) mass is 276 g/mol. The second-order valence-corrected chi connectivity index (χ2v) is 11.5. The van der Waals surface area contributed by atoms with Crippen molar-refractivity contribution in [1.29, 1.82) is 0 Å². The Bertz CT molecular complexity index is 424. The standard InChI is InChI=1S/C17H28OSi/c1-8-9-16(15-12-10-14(2)11-13-15)18-19(6,7)17(3,4)5/h8-13,16H,1-7H3/b9-8+. The van der Waals surface area contributed by atoms with Crippen LogP contribution in [0.1, 0.15) is 44.9 Å². The fourth-order valence-electron chi connectivity index (χ4n) is 1.64. The summed E-state index contributed by atoms with van der Waals surface area (Å²) in [7, 11) is -1.75. The molecule has 19 heavy (non-hydrogen) atoms. The normalized spacial score (nSPS) is 14.9. The van der Waals surface area contributed by atoms with Crippen LogP contribution in [-0.4, -0.2) is 8.32 Å². The lowest BCUT2D eigenvalue weighted by Crippen LogP contribution is -2.41. The molecule has 0 aliphatic rings. The van der Waals surface area contributed by atoms with Crippen molar-refractivity contribution in [2.45, 2.75) is 58.9 Å². The summed E-state index contributed by atoms with van der Waals surface area (Å²) in [5.74, 6) is 0. The minimum Gasteiger partial charge on any atom is -0.407 e. The molecule has 0 N–H and O–H groups in total. The molecule has 0 heterocycles. The molecular weight excluding hydrogens is 248 g/mol. The molecule has 106 valence electrons. The lowest BCUT2D eigenvalue weighted by atomic mass is 10.1. The first-order valence-electron chi connectivity index (χ1n) is 7.04. The quantitative estimate of drug-likeness (QED) is 0.511. The van der Waals surface area contributed by atoms with E-state index in [2.05, 4.69) is 84.1 Å². The van der Waals surface area contributed by atoms with E-state index in [1.165, 1.54) is 11.1 Å². The molecule has 0 saturated carbocycles. The SMILES string of the molecule is C/C=C/C(O[Si](C)(C)C(C)(C)C)c1ccc(C)cc1. The average molecular weight is 276 g/mol. The average Bonchev–Trinajstić information content (AvgIpc) is 2.27. The number of rotatable bonds is 4. The zero-order chi connectivity index (χ0) is 14.7. The molecule has 0 saturated heterocycles. The Morgan fingerprint density at radius 3 is 2.05 bits per heavy atom. The molecule has 1 nitrogen and oxygen atoms in total. The molecule has 0 bridgehead atoms. The smallest absolute Gasteiger partial charge is 0.193 e. The number of hydrogen-bond donors (Lipinski definition) is 0. The predicted molar refractivity (Wildman–Crippen MR) is 87.0 cm³/mol. The third kappa shape index (κ3) is 4.32. The van der Waals surface area contributed by atoms with E-state index in [-0.39, 0.29) is 11.1 Å². The van der Waals surface area contributed by atoms with Gasteiger partial charge in [0.25, 0.3) is 0 Å². The second-order valence-electron chi connectivity index (χ2n) is 6.74. The first-order valence-corrected chi connectivity index (χ1v) is 9.95. The largest absolute Gasteiger partial charge is 0.407 e. The van der Waals surface area contributed by atoms with Gasteiger partial charge < -0.3 is 4.43 Å². The minimum absolute atomic E-state index is 0.0755. The van der Waals surface area contributed by atoms with E-state index in [0.29, 0.717) is 0 Å². The minimum atomic E-state index is -1.75. The Balaban J connectivity index is 3.00. The topological polar surface area (TPSA) is 9.23 Å². The molecule has 0 aromatic heterocycles. The van der Waals surface area contributed by atoms with Gasteiger partial charge in [-0.15, -0.1) is 0 Å². The van der Waals surface area contributed by atoms with Gasteiger partial charge in [-0.05, 0) is 37.5 Å². The van der Waals surface area contributed by atoms with Crippen LogP contribution < -0.4 is 0 Å². The van der Waals surface area contributed by atoms with Gasteiger partial charge in [-0.2, -0.15) is 0 Å². The molecule has 2 heteroatoms. The van der Waals surface area contributed by atoms with E-state index >= 15 is 0 Å². The molecule has 0 aliphatic heterocycles. The zero-order valence-electron chi connectivity index (χ0n) is 13.4. The van der Waals surface area contributed by atoms with Crippen molar-refractivity contribution in [2.24, 2.45) is 0 Å². The first-order chi connectivity index (χ1) is 8.67. The van der Waals surface area contributed by atoms with Crippen molar-refractivity contribution < 1.29 is 4.43 Å². The van der Waals surface area contributed by atoms with E-state index in [1.807, 2.05) is 0 Å². The highest BCUT2D eigenvalue weighted by atomic mass is 28.4. The van der Waals surface area contributed by atoms with Crippen LogP contribution in [0.5, 0.6) is 0 Å². The fraction of sp³-hybridized carbons (Fsp3) is 0.529. The highest BCUT2D eigenvalue weighted by Crippen LogP contribution is 2.40. The molecule has 0 radical (unpaired) electrons. The van der Waals surface area contributed by atoms with Crippen LogP contribution in [-0.2, 0) is 4.43 Å². The van der Waals surface area contributed by atoms with Gasteiger partial charge in [-0.1, -0.05) is 62.8 Å². The third-order valence-electron chi connectivity index (χ3n) is 4.00. The van der Waals surface area contributed by atoms with Gasteiger partial charge in [0.2, 0.25) is 0 Å². The maximum absolute atomic E-state index is 6.52. The van der Waals surface area contributed by atoms with Gasteiger partial charge in [-0.3, -0.25) is 0 Å². The van der Waals surface area contributed by atoms with E-state index < -0.39 is 8.32 Å². The van der Waals surface area contributed by atoms with Gasteiger partial charge in [0.05, 0.1) is 6.10 Å². The lowest BCUT2D eigenvalue weighted by molar-refractivity contribution is 0.229. The Hall–Kier alpha value is -0.863. The van der Waals surface area contributed by atoms with Crippen LogP contribution in [0, 0.1) is 6.92 Å². The van der Waals surface area contributed by atoms with Gasteiger partial charge in [0.15, 0.2) is 8.32 Å². The van der Waals surface area contributed by atoms with Crippen LogP contribution in [0.25, 0.3) is 0 Å². The maximum Gasteiger partial charge on any atom is 0.193 e. The van der Waals surface area contributed by atoms with Crippen molar-refractivity contribution in [3.05, 3.63) is 47.5 Å². The van der Waals surface area contributed by atoms with Gasteiger partial charge in [0, 0.05) is 0 Å².